The standard InChI is InChI=1S/C22H30N4O/c1-2-3-4-5-6-7-15-26-16-13-17-18(10-8-12-20(17)26)21-24-22(27-25-21)19-11-9-14-23-19/h8,10,12-13,16,19,23H,2-7,9,11,14-15H2,1H3. The van der Waals surface area contributed by atoms with Crippen molar-refractivity contribution in [2.24, 2.45) is 0 Å². The first-order valence-electron chi connectivity index (χ1n) is 10.5. The number of unbranched alkanes of at least 4 members (excludes halogenated alkanes) is 5. The van der Waals surface area contributed by atoms with E-state index in [2.05, 4.69) is 57.4 Å². The Morgan fingerprint density at radius 2 is 2.04 bits per heavy atom. The third-order valence-electron chi connectivity index (χ3n) is 5.61. The largest absolute Gasteiger partial charge is 0.347 e. The molecule has 0 radical (unpaired) electrons. The third-order valence-corrected chi connectivity index (χ3v) is 5.61. The molecule has 5 heteroatoms. The summed E-state index contributed by atoms with van der Waals surface area (Å²) in [6.45, 7) is 4.36. The lowest BCUT2D eigenvalue weighted by Crippen LogP contribution is -2.12. The van der Waals surface area contributed by atoms with E-state index < -0.39 is 0 Å². The van der Waals surface area contributed by atoms with E-state index in [0.717, 1.165) is 25.1 Å². The lowest BCUT2D eigenvalue weighted by Gasteiger charge is -2.06. The van der Waals surface area contributed by atoms with E-state index in [4.69, 9.17) is 4.52 Å². The number of nitrogens with one attached hydrogen (secondary N) is 1. The molecule has 2 aromatic heterocycles. The second-order valence-corrected chi connectivity index (χ2v) is 7.62. The second-order valence-electron chi connectivity index (χ2n) is 7.62. The highest BCUT2D eigenvalue weighted by atomic mass is 16.5. The zero-order valence-corrected chi connectivity index (χ0v) is 16.3. The van der Waals surface area contributed by atoms with Crippen molar-refractivity contribution < 1.29 is 4.52 Å². The number of nitrogens with zero attached hydrogens (tertiary/aromatic N) is 3. The Labute approximate surface area is 161 Å². The SMILES string of the molecule is CCCCCCCCn1ccc2c(-c3noc(C4CCCN4)n3)cccc21. The van der Waals surface area contributed by atoms with Crippen LogP contribution in [0, 0.1) is 0 Å². The van der Waals surface area contributed by atoms with Gasteiger partial charge in [0.2, 0.25) is 11.7 Å². The maximum absolute atomic E-state index is 5.54. The molecule has 1 fully saturated rings. The normalized spacial score (nSPS) is 17.1. The van der Waals surface area contributed by atoms with Crippen molar-refractivity contribution in [1.82, 2.24) is 20.0 Å². The summed E-state index contributed by atoms with van der Waals surface area (Å²) in [6.07, 6.45) is 12.3. The van der Waals surface area contributed by atoms with Crippen LogP contribution in [0.1, 0.15) is 70.2 Å². The molecule has 3 heterocycles. The average molecular weight is 367 g/mol. The van der Waals surface area contributed by atoms with E-state index in [-0.39, 0.29) is 6.04 Å². The Bertz CT molecular complexity index is 860. The zero-order valence-electron chi connectivity index (χ0n) is 16.3. The van der Waals surface area contributed by atoms with E-state index >= 15 is 0 Å². The molecular formula is C22H30N4O. The van der Waals surface area contributed by atoms with Crippen LogP contribution >= 0.6 is 0 Å². The van der Waals surface area contributed by atoms with Gasteiger partial charge in [0.1, 0.15) is 0 Å². The first kappa shape index (κ1) is 18.2. The van der Waals surface area contributed by atoms with E-state index in [0.29, 0.717) is 11.7 Å². The molecule has 1 N–H and O–H groups in total. The quantitative estimate of drug-likeness (QED) is 0.510. The number of aryl methyl sites for hydroxylation is 1. The fourth-order valence-corrected chi connectivity index (χ4v) is 4.06. The number of aromatic nitrogens is 3. The summed E-state index contributed by atoms with van der Waals surface area (Å²) in [7, 11) is 0. The van der Waals surface area contributed by atoms with Gasteiger partial charge >= 0.3 is 0 Å². The van der Waals surface area contributed by atoms with Crippen molar-refractivity contribution in [1.29, 1.82) is 0 Å². The maximum atomic E-state index is 5.54. The minimum Gasteiger partial charge on any atom is -0.347 e. The molecule has 1 saturated heterocycles. The lowest BCUT2D eigenvalue weighted by molar-refractivity contribution is 0.345. The fourth-order valence-electron chi connectivity index (χ4n) is 4.06. The van der Waals surface area contributed by atoms with Crippen LogP contribution < -0.4 is 5.32 Å². The molecule has 0 spiro atoms. The number of rotatable bonds is 9. The zero-order chi connectivity index (χ0) is 18.5. The smallest absolute Gasteiger partial charge is 0.244 e. The fraction of sp³-hybridized carbons (Fsp3) is 0.545. The predicted octanol–water partition coefficient (Wildman–Crippen LogP) is 5.48. The minimum absolute atomic E-state index is 0.211. The molecule has 3 aromatic rings. The Hall–Kier alpha value is -2.14. The van der Waals surface area contributed by atoms with E-state index in [1.807, 2.05) is 0 Å². The lowest BCUT2D eigenvalue weighted by atomic mass is 10.1. The van der Waals surface area contributed by atoms with Gasteiger partial charge in [0, 0.05) is 29.2 Å². The first-order valence-corrected chi connectivity index (χ1v) is 10.5. The topological polar surface area (TPSA) is 55.9 Å². The van der Waals surface area contributed by atoms with Gasteiger partial charge in [0.15, 0.2) is 0 Å². The molecular weight excluding hydrogens is 336 g/mol. The van der Waals surface area contributed by atoms with Gasteiger partial charge in [-0.25, -0.2) is 0 Å². The molecule has 27 heavy (non-hydrogen) atoms. The molecule has 5 nitrogen and oxygen atoms in total. The summed E-state index contributed by atoms with van der Waals surface area (Å²) in [5.74, 6) is 1.41. The van der Waals surface area contributed by atoms with Crippen LogP contribution in [0.15, 0.2) is 35.0 Å². The van der Waals surface area contributed by atoms with Crippen LogP contribution in [-0.4, -0.2) is 21.3 Å². The highest BCUT2D eigenvalue weighted by molar-refractivity contribution is 5.93. The van der Waals surface area contributed by atoms with Gasteiger partial charge in [-0.3, -0.25) is 0 Å². The summed E-state index contributed by atoms with van der Waals surface area (Å²) >= 11 is 0. The molecule has 144 valence electrons. The summed E-state index contributed by atoms with van der Waals surface area (Å²) in [5.41, 5.74) is 2.31. The van der Waals surface area contributed by atoms with Crippen LogP contribution in [0.5, 0.6) is 0 Å². The summed E-state index contributed by atoms with van der Waals surface area (Å²) in [4.78, 5) is 4.68. The van der Waals surface area contributed by atoms with Crippen LogP contribution in [0.2, 0.25) is 0 Å². The van der Waals surface area contributed by atoms with E-state index in [1.54, 1.807) is 0 Å². The molecule has 0 amide bonds. The van der Waals surface area contributed by atoms with Crippen molar-refractivity contribution in [2.45, 2.75) is 70.9 Å². The number of fused-ring (bicyclic) bond motifs is 1. The van der Waals surface area contributed by atoms with Gasteiger partial charge < -0.3 is 14.4 Å². The first-order chi connectivity index (χ1) is 13.4. The highest BCUT2D eigenvalue weighted by Gasteiger charge is 2.23. The van der Waals surface area contributed by atoms with Crippen LogP contribution in [0.4, 0.5) is 0 Å². The Kier molecular flexibility index (Phi) is 5.87. The highest BCUT2D eigenvalue weighted by Crippen LogP contribution is 2.30. The monoisotopic (exact) mass is 366 g/mol. The molecule has 4 rings (SSSR count). The van der Waals surface area contributed by atoms with Gasteiger partial charge in [-0.15, -0.1) is 0 Å². The van der Waals surface area contributed by atoms with Crippen LogP contribution in [-0.2, 0) is 6.54 Å². The van der Waals surface area contributed by atoms with E-state index in [9.17, 15) is 0 Å². The third kappa shape index (κ3) is 4.08. The number of hydrogen-bond donors (Lipinski definition) is 1. The molecule has 0 aliphatic carbocycles. The molecule has 0 bridgehead atoms. The van der Waals surface area contributed by atoms with Crippen LogP contribution in [0.3, 0.4) is 0 Å². The van der Waals surface area contributed by atoms with Gasteiger partial charge in [0.25, 0.3) is 0 Å². The Balaban J connectivity index is 1.47. The van der Waals surface area contributed by atoms with Crippen molar-refractivity contribution in [3.05, 3.63) is 36.4 Å². The van der Waals surface area contributed by atoms with Gasteiger partial charge in [-0.2, -0.15) is 4.98 Å². The number of benzene rings is 1. The summed E-state index contributed by atoms with van der Waals surface area (Å²) in [5, 5.41) is 8.88. The molecule has 1 aliphatic rings. The Morgan fingerprint density at radius 3 is 2.89 bits per heavy atom. The summed E-state index contributed by atoms with van der Waals surface area (Å²) < 4.78 is 7.90. The minimum atomic E-state index is 0.211. The van der Waals surface area contributed by atoms with Crippen molar-refractivity contribution in [2.75, 3.05) is 6.54 Å². The van der Waals surface area contributed by atoms with Gasteiger partial charge in [-0.1, -0.05) is 56.3 Å². The second kappa shape index (κ2) is 8.70. The van der Waals surface area contributed by atoms with Crippen molar-refractivity contribution >= 4 is 10.9 Å². The van der Waals surface area contributed by atoms with Crippen molar-refractivity contribution in [3.8, 4) is 11.4 Å². The predicted molar refractivity (Wildman–Crippen MR) is 109 cm³/mol. The van der Waals surface area contributed by atoms with Gasteiger partial charge in [0.05, 0.1) is 6.04 Å². The molecule has 1 aromatic carbocycles. The molecule has 0 saturated carbocycles. The molecule has 1 unspecified atom stereocenters. The molecule has 1 aliphatic heterocycles. The van der Waals surface area contributed by atoms with Gasteiger partial charge in [-0.05, 0) is 37.9 Å². The van der Waals surface area contributed by atoms with Crippen LogP contribution in [0.25, 0.3) is 22.3 Å². The molecule has 1 atom stereocenters. The summed E-state index contributed by atoms with van der Waals surface area (Å²) in [6, 6.07) is 8.77. The number of hydrogen-bond acceptors (Lipinski definition) is 4. The van der Waals surface area contributed by atoms with E-state index in [1.165, 1.54) is 55.8 Å². The Morgan fingerprint density at radius 1 is 1.15 bits per heavy atom. The average Bonchev–Trinajstić information content (AvgIpc) is 3.44. The van der Waals surface area contributed by atoms with Crippen molar-refractivity contribution in [3.63, 3.8) is 0 Å². The maximum Gasteiger partial charge on any atom is 0.244 e.